The van der Waals surface area contributed by atoms with Crippen LogP contribution in [0.2, 0.25) is 10.0 Å². The summed E-state index contributed by atoms with van der Waals surface area (Å²) in [4.78, 5) is 0. The molecule has 0 aromatic heterocycles. The third kappa shape index (κ3) is 4.36. The first kappa shape index (κ1) is 16.1. The molecule has 2 rings (SSSR count). The van der Waals surface area contributed by atoms with Crippen LogP contribution in [0.15, 0.2) is 18.2 Å². The molecule has 1 aliphatic carbocycles. The van der Waals surface area contributed by atoms with Crippen molar-refractivity contribution in [3.63, 3.8) is 0 Å². The van der Waals surface area contributed by atoms with Gasteiger partial charge >= 0.3 is 0 Å². The Bertz CT molecular complexity index is 442. The molecule has 112 valence electrons. The van der Waals surface area contributed by atoms with Crippen LogP contribution in [0.3, 0.4) is 0 Å². The van der Waals surface area contributed by atoms with Gasteiger partial charge in [0.1, 0.15) is 0 Å². The van der Waals surface area contributed by atoms with E-state index < -0.39 is 5.60 Å². The van der Waals surface area contributed by atoms with Crippen molar-refractivity contribution in [3.8, 4) is 0 Å². The SMILES string of the molecule is CCC1CCC(O)(CNCc2ccc(Cl)cc2Cl)CC1. The second-order valence-electron chi connectivity index (χ2n) is 5.92. The highest BCUT2D eigenvalue weighted by atomic mass is 35.5. The standard InChI is InChI=1S/C16H23Cl2NO/c1-2-12-5-7-16(20,8-6-12)11-19-10-13-3-4-14(17)9-15(13)18/h3-4,9,12,19-20H,2,5-8,10-11H2,1H3. The molecule has 0 spiro atoms. The molecule has 0 radical (unpaired) electrons. The van der Waals surface area contributed by atoms with Crippen LogP contribution in [-0.4, -0.2) is 17.3 Å². The van der Waals surface area contributed by atoms with Gasteiger partial charge in [0.25, 0.3) is 0 Å². The van der Waals surface area contributed by atoms with Crippen molar-refractivity contribution in [1.82, 2.24) is 5.32 Å². The van der Waals surface area contributed by atoms with Crippen molar-refractivity contribution in [2.24, 2.45) is 5.92 Å². The Morgan fingerprint density at radius 3 is 2.60 bits per heavy atom. The lowest BCUT2D eigenvalue weighted by Crippen LogP contribution is -2.43. The lowest BCUT2D eigenvalue weighted by molar-refractivity contribution is -0.00881. The summed E-state index contributed by atoms with van der Waals surface area (Å²) in [7, 11) is 0. The Morgan fingerprint density at radius 1 is 1.30 bits per heavy atom. The van der Waals surface area contributed by atoms with Crippen molar-refractivity contribution in [2.75, 3.05) is 6.54 Å². The third-order valence-electron chi connectivity index (χ3n) is 4.40. The third-order valence-corrected chi connectivity index (χ3v) is 4.98. The van der Waals surface area contributed by atoms with Gasteiger partial charge in [0.15, 0.2) is 0 Å². The number of halogens is 2. The van der Waals surface area contributed by atoms with E-state index in [1.54, 1.807) is 6.07 Å². The monoisotopic (exact) mass is 315 g/mol. The van der Waals surface area contributed by atoms with Gasteiger partial charge in [0.05, 0.1) is 5.60 Å². The van der Waals surface area contributed by atoms with Gasteiger partial charge in [0.2, 0.25) is 0 Å². The lowest BCUT2D eigenvalue weighted by atomic mass is 9.78. The van der Waals surface area contributed by atoms with E-state index >= 15 is 0 Å². The molecule has 2 nitrogen and oxygen atoms in total. The van der Waals surface area contributed by atoms with Gasteiger partial charge in [-0.05, 0) is 49.3 Å². The summed E-state index contributed by atoms with van der Waals surface area (Å²) < 4.78 is 0. The van der Waals surface area contributed by atoms with Gasteiger partial charge in [-0.15, -0.1) is 0 Å². The Balaban J connectivity index is 1.80. The van der Waals surface area contributed by atoms with Crippen LogP contribution in [0.5, 0.6) is 0 Å². The molecule has 0 heterocycles. The molecule has 4 heteroatoms. The fourth-order valence-electron chi connectivity index (χ4n) is 2.89. The first-order chi connectivity index (χ1) is 9.52. The van der Waals surface area contributed by atoms with Crippen molar-refractivity contribution < 1.29 is 5.11 Å². The number of hydrogen-bond acceptors (Lipinski definition) is 2. The Labute approximate surface area is 131 Å². The fourth-order valence-corrected chi connectivity index (χ4v) is 3.37. The molecular weight excluding hydrogens is 293 g/mol. The normalized spacial score (nSPS) is 26.7. The van der Waals surface area contributed by atoms with Crippen LogP contribution in [0.4, 0.5) is 0 Å². The van der Waals surface area contributed by atoms with Gasteiger partial charge in [-0.3, -0.25) is 0 Å². The molecular formula is C16H23Cl2NO. The van der Waals surface area contributed by atoms with Crippen LogP contribution < -0.4 is 5.32 Å². The molecule has 0 amide bonds. The zero-order valence-corrected chi connectivity index (χ0v) is 13.5. The molecule has 0 aliphatic heterocycles. The van der Waals surface area contributed by atoms with Crippen LogP contribution >= 0.6 is 23.2 Å². The van der Waals surface area contributed by atoms with E-state index in [9.17, 15) is 5.11 Å². The van der Waals surface area contributed by atoms with E-state index in [4.69, 9.17) is 23.2 Å². The molecule has 1 fully saturated rings. The van der Waals surface area contributed by atoms with Crippen LogP contribution in [0.1, 0.15) is 44.6 Å². The molecule has 0 saturated heterocycles. The predicted octanol–water partition coefficient (Wildman–Crippen LogP) is 4.41. The van der Waals surface area contributed by atoms with Gasteiger partial charge in [0, 0.05) is 23.1 Å². The van der Waals surface area contributed by atoms with E-state index in [0.717, 1.165) is 37.2 Å². The lowest BCUT2D eigenvalue weighted by Gasteiger charge is -2.36. The first-order valence-corrected chi connectivity index (χ1v) is 8.15. The first-order valence-electron chi connectivity index (χ1n) is 7.39. The van der Waals surface area contributed by atoms with Crippen molar-refractivity contribution >= 4 is 23.2 Å². The summed E-state index contributed by atoms with van der Waals surface area (Å²) in [6.07, 6.45) is 5.29. The predicted molar refractivity (Wildman–Crippen MR) is 85.4 cm³/mol. The average molecular weight is 316 g/mol. The minimum absolute atomic E-state index is 0.551. The minimum Gasteiger partial charge on any atom is -0.389 e. The molecule has 20 heavy (non-hydrogen) atoms. The largest absolute Gasteiger partial charge is 0.389 e. The van der Waals surface area contributed by atoms with Crippen molar-refractivity contribution in [2.45, 2.75) is 51.2 Å². The highest BCUT2D eigenvalue weighted by Gasteiger charge is 2.32. The smallest absolute Gasteiger partial charge is 0.0771 e. The van der Waals surface area contributed by atoms with Gasteiger partial charge < -0.3 is 10.4 Å². The van der Waals surface area contributed by atoms with E-state index in [0.29, 0.717) is 23.1 Å². The minimum atomic E-state index is -0.551. The summed E-state index contributed by atoms with van der Waals surface area (Å²) in [5, 5.41) is 15.2. The molecule has 0 atom stereocenters. The summed E-state index contributed by atoms with van der Waals surface area (Å²) in [5.74, 6) is 0.793. The maximum atomic E-state index is 10.6. The average Bonchev–Trinajstić information content (AvgIpc) is 2.42. The molecule has 0 unspecified atom stereocenters. The number of aliphatic hydroxyl groups is 1. The van der Waals surface area contributed by atoms with Crippen molar-refractivity contribution in [3.05, 3.63) is 33.8 Å². The van der Waals surface area contributed by atoms with Gasteiger partial charge in [-0.1, -0.05) is 42.6 Å². The van der Waals surface area contributed by atoms with E-state index in [1.165, 1.54) is 6.42 Å². The molecule has 1 aromatic carbocycles. The molecule has 0 bridgehead atoms. The van der Waals surface area contributed by atoms with Crippen molar-refractivity contribution in [1.29, 1.82) is 0 Å². The van der Waals surface area contributed by atoms with Crippen LogP contribution in [0.25, 0.3) is 0 Å². The second-order valence-corrected chi connectivity index (χ2v) is 6.76. The Hall–Kier alpha value is -0.280. The molecule has 2 N–H and O–H groups in total. The van der Waals surface area contributed by atoms with Crippen LogP contribution in [-0.2, 0) is 6.54 Å². The van der Waals surface area contributed by atoms with E-state index in [2.05, 4.69) is 12.2 Å². The fraction of sp³-hybridized carbons (Fsp3) is 0.625. The molecule has 1 aliphatic rings. The van der Waals surface area contributed by atoms with E-state index in [-0.39, 0.29) is 0 Å². The van der Waals surface area contributed by atoms with E-state index in [1.807, 2.05) is 12.1 Å². The molecule has 1 saturated carbocycles. The topological polar surface area (TPSA) is 32.3 Å². The summed E-state index contributed by atoms with van der Waals surface area (Å²) >= 11 is 12.0. The Kier molecular flexibility index (Phi) is 5.74. The summed E-state index contributed by atoms with van der Waals surface area (Å²) in [5.41, 5.74) is 0.465. The maximum Gasteiger partial charge on any atom is 0.0771 e. The highest BCUT2D eigenvalue weighted by Crippen LogP contribution is 2.33. The molecule has 1 aromatic rings. The number of rotatable bonds is 5. The van der Waals surface area contributed by atoms with Gasteiger partial charge in [-0.25, -0.2) is 0 Å². The maximum absolute atomic E-state index is 10.6. The van der Waals surface area contributed by atoms with Gasteiger partial charge in [-0.2, -0.15) is 0 Å². The highest BCUT2D eigenvalue weighted by molar-refractivity contribution is 6.35. The zero-order chi connectivity index (χ0) is 14.6. The number of benzene rings is 1. The number of hydrogen-bond donors (Lipinski definition) is 2. The Morgan fingerprint density at radius 2 is 2.00 bits per heavy atom. The quantitative estimate of drug-likeness (QED) is 0.843. The number of nitrogens with one attached hydrogen (secondary N) is 1. The second kappa shape index (κ2) is 7.13. The van der Waals surface area contributed by atoms with Crippen LogP contribution in [0, 0.1) is 5.92 Å². The summed E-state index contributed by atoms with van der Waals surface area (Å²) in [6.45, 7) is 3.52. The summed E-state index contributed by atoms with van der Waals surface area (Å²) in [6, 6.07) is 5.52. The zero-order valence-electron chi connectivity index (χ0n) is 12.0.